The summed E-state index contributed by atoms with van der Waals surface area (Å²) in [5, 5.41) is 19.6. The van der Waals surface area contributed by atoms with Crippen LogP contribution in [0, 0.1) is 17.2 Å². The lowest BCUT2D eigenvalue weighted by Gasteiger charge is -2.39. The summed E-state index contributed by atoms with van der Waals surface area (Å²) in [7, 11) is 5.83. The number of likely N-dealkylation sites (tertiary alicyclic amines) is 1. The first-order valence-corrected chi connectivity index (χ1v) is 15.7. The average Bonchev–Trinajstić information content (AvgIpc) is 3.60. The van der Waals surface area contributed by atoms with Gasteiger partial charge in [0.2, 0.25) is 5.91 Å². The van der Waals surface area contributed by atoms with E-state index < -0.39 is 23.2 Å². The number of aromatic nitrogens is 4. The van der Waals surface area contributed by atoms with Gasteiger partial charge in [0, 0.05) is 37.9 Å². The molecule has 3 heterocycles. The fourth-order valence-corrected chi connectivity index (χ4v) is 6.51. The van der Waals surface area contributed by atoms with E-state index >= 15 is 0 Å². The van der Waals surface area contributed by atoms with Gasteiger partial charge in [0.15, 0.2) is 0 Å². The van der Waals surface area contributed by atoms with Crippen LogP contribution in [0.25, 0.3) is 22.8 Å². The molecule has 0 atom stereocenters. The van der Waals surface area contributed by atoms with Gasteiger partial charge < -0.3 is 15.1 Å². The van der Waals surface area contributed by atoms with Crippen molar-refractivity contribution in [3.8, 4) is 28.8 Å². The highest BCUT2D eigenvalue weighted by molar-refractivity contribution is 6.00. The Balaban J connectivity index is 1.30. The van der Waals surface area contributed by atoms with Crippen molar-refractivity contribution >= 4 is 11.8 Å². The molecular weight excluding hydrogens is 625 g/mol. The zero-order valence-electron chi connectivity index (χ0n) is 26.8. The van der Waals surface area contributed by atoms with Crippen LogP contribution in [0.4, 0.5) is 13.2 Å². The molecule has 1 aliphatic carbocycles. The van der Waals surface area contributed by atoms with Crippen molar-refractivity contribution in [1.82, 2.24) is 29.8 Å². The Kier molecular flexibility index (Phi) is 8.51. The van der Waals surface area contributed by atoms with E-state index in [9.17, 15) is 32.8 Å². The summed E-state index contributed by atoms with van der Waals surface area (Å²) in [4.78, 5) is 40.9. The molecule has 0 unspecified atom stereocenters. The molecule has 2 aliphatic rings. The molecule has 4 aromatic rings. The maximum absolute atomic E-state index is 14.0. The lowest BCUT2D eigenvalue weighted by Crippen LogP contribution is -2.55. The van der Waals surface area contributed by atoms with Gasteiger partial charge in [0.05, 0.1) is 67.6 Å². The van der Waals surface area contributed by atoms with E-state index in [1.54, 1.807) is 30.3 Å². The summed E-state index contributed by atoms with van der Waals surface area (Å²) in [6.45, 7) is 1.96. The number of hydrogen-bond acceptors (Lipinski definition) is 5. The largest absolute Gasteiger partial charge is 0.416 e. The zero-order chi connectivity index (χ0) is 34.4. The van der Waals surface area contributed by atoms with Gasteiger partial charge in [-0.05, 0) is 61.4 Å². The number of nitrogens with one attached hydrogen (secondary N) is 2. The summed E-state index contributed by atoms with van der Waals surface area (Å²) in [6.07, 6.45) is -0.568. The lowest BCUT2D eigenvalue weighted by molar-refractivity contribution is -0.895. The molecule has 48 heavy (non-hydrogen) atoms. The third-order valence-corrected chi connectivity index (χ3v) is 9.39. The molecule has 1 saturated heterocycles. The molecule has 2 aromatic carbocycles. The van der Waals surface area contributed by atoms with Gasteiger partial charge in [-0.2, -0.15) is 23.5 Å². The number of rotatable bonds is 7. The van der Waals surface area contributed by atoms with Crippen molar-refractivity contribution < 1.29 is 27.2 Å². The Morgan fingerprint density at radius 1 is 0.979 bits per heavy atom. The fraction of sp³-hybridized carbons (Fsp3) is 0.382. The molecule has 2 fully saturated rings. The molecule has 2 N–H and O–H groups in total. The third kappa shape index (κ3) is 6.37. The molecule has 6 rings (SSSR count). The Morgan fingerprint density at radius 3 is 2.31 bits per heavy atom. The third-order valence-electron chi connectivity index (χ3n) is 9.39. The molecule has 0 bridgehead atoms. The number of amides is 2. The monoisotopic (exact) mass is 661 g/mol. The number of halogens is 3. The van der Waals surface area contributed by atoms with Gasteiger partial charge in [-0.25, -0.2) is 9.36 Å². The van der Waals surface area contributed by atoms with Crippen molar-refractivity contribution in [2.24, 2.45) is 13.0 Å². The van der Waals surface area contributed by atoms with E-state index in [4.69, 9.17) is 0 Å². The van der Waals surface area contributed by atoms with Crippen LogP contribution in [0.3, 0.4) is 0 Å². The first-order valence-electron chi connectivity index (χ1n) is 15.7. The molecule has 0 spiro atoms. The number of carbonyl (C=O) groups excluding carboxylic acids is 2. The van der Waals surface area contributed by atoms with E-state index in [2.05, 4.69) is 29.8 Å². The van der Waals surface area contributed by atoms with E-state index in [1.165, 1.54) is 34.7 Å². The maximum atomic E-state index is 14.0. The van der Waals surface area contributed by atoms with Crippen molar-refractivity contribution in [3.63, 3.8) is 0 Å². The van der Waals surface area contributed by atoms with Crippen LogP contribution in [0.5, 0.6) is 0 Å². The number of alkyl halides is 3. The Bertz CT molecular complexity index is 1950. The standard InChI is InChI=1S/C34H35F3N8O3/c1-42-30(28-11-14-39-43(28)26-9-7-21(20-38)8-10-26)29(33(48)44(42)27-6-4-5-23(19-27)34(35,36)37)32(47)41-25-17-22(18-25)31(46)40-24-12-15-45(2,3)16-13-24/h4-11,14,19,22,24-25H,12-13,15-18H2,1-3H3,(H-,40,41,46,47)/p+1. The highest BCUT2D eigenvalue weighted by atomic mass is 19.4. The van der Waals surface area contributed by atoms with Crippen molar-refractivity contribution in [3.05, 3.63) is 87.8 Å². The SMILES string of the molecule is Cn1c(-c2ccnn2-c2ccc(C#N)cc2)c(C(=O)NC2CC(C(=O)NC3CC[N+](C)(C)CC3)C2)c(=O)n1-c1cccc(C(F)(F)F)c1. The minimum absolute atomic E-state index is 0.0451. The summed E-state index contributed by atoms with van der Waals surface area (Å²) >= 11 is 0. The van der Waals surface area contributed by atoms with Gasteiger partial charge in [-0.1, -0.05) is 6.07 Å². The second kappa shape index (κ2) is 12.5. The van der Waals surface area contributed by atoms with Crippen molar-refractivity contribution in [1.29, 1.82) is 5.26 Å². The van der Waals surface area contributed by atoms with Crippen molar-refractivity contribution in [2.45, 2.75) is 43.9 Å². The van der Waals surface area contributed by atoms with E-state index in [1.807, 2.05) is 6.07 Å². The molecule has 0 radical (unpaired) electrons. The maximum Gasteiger partial charge on any atom is 0.416 e. The summed E-state index contributed by atoms with van der Waals surface area (Å²) < 4.78 is 45.7. The molecule has 14 heteroatoms. The number of nitrogens with zero attached hydrogens (tertiary/aromatic N) is 6. The topological polar surface area (TPSA) is 127 Å². The van der Waals surface area contributed by atoms with Crippen LogP contribution in [0.15, 0.2) is 65.6 Å². The van der Waals surface area contributed by atoms with Crippen LogP contribution >= 0.6 is 0 Å². The van der Waals surface area contributed by atoms with Crippen LogP contribution in [-0.2, 0) is 18.0 Å². The Labute approximate surface area is 274 Å². The number of benzene rings is 2. The Morgan fingerprint density at radius 2 is 1.67 bits per heavy atom. The van der Waals surface area contributed by atoms with Crippen molar-refractivity contribution in [2.75, 3.05) is 27.2 Å². The first kappa shape index (κ1) is 32.8. The predicted molar refractivity (Wildman–Crippen MR) is 170 cm³/mol. The molecule has 11 nitrogen and oxygen atoms in total. The number of nitriles is 1. The number of carbonyl (C=O) groups is 2. The molecule has 1 saturated carbocycles. The predicted octanol–water partition coefficient (Wildman–Crippen LogP) is 3.78. The van der Waals surface area contributed by atoms with Gasteiger partial charge in [0.1, 0.15) is 11.3 Å². The number of hydrogen-bond donors (Lipinski definition) is 2. The zero-order valence-corrected chi connectivity index (χ0v) is 26.8. The number of piperidine rings is 1. The average molecular weight is 662 g/mol. The van der Waals surface area contributed by atoms with E-state index in [0.29, 0.717) is 29.8 Å². The molecule has 250 valence electrons. The van der Waals surface area contributed by atoms with E-state index in [0.717, 1.165) is 47.2 Å². The van der Waals surface area contributed by atoms with Gasteiger partial charge in [0.25, 0.3) is 11.5 Å². The highest BCUT2D eigenvalue weighted by Gasteiger charge is 2.39. The first-order chi connectivity index (χ1) is 22.8. The summed E-state index contributed by atoms with van der Waals surface area (Å²) in [5.41, 5.74) is -0.701. The van der Waals surface area contributed by atoms with Crippen LogP contribution < -0.4 is 16.2 Å². The molecule has 1 aliphatic heterocycles. The quantitative estimate of drug-likeness (QED) is 0.292. The van der Waals surface area contributed by atoms with Crippen LogP contribution in [0.2, 0.25) is 0 Å². The van der Waals surface area contributed by atoms with E-state index in [-0.39, 0.29) is 40.9 Å². The molecule has 2 amide bonds. The minimum atomic E-state index is -4.65. The Hall–Kier alpha value is -5.16. The summed E-state index contributed by atoms with van der Waals surface area (Å²) in [6, 6.07) is 14.2. The lowest BCUT2D eigenvalue weighted by atomic mass is 9.79. The normalized spacial score (nSPS) is 19.3. The van der Waals surface area contributed by atoms with Gasteiger partial charge in [-0.3, -0.25) is 19.1 Å². The molecular formula is C34H36F3N8O3+. The highest BCUT2D eigenvalue weighted by Crippen LogP contribution is 2.32. The van der Waals surface area contributed by atoms with Gasteiger partial charge in [-0.15, -0.1) is 0 Å². The second-order valence-corrected chi connectivity index (χ2v) is 13.2. The second-order valence-electron chi connectivity index (χ2n) is 13.2. The summed E-state index contributed by atoms with van der Waals surface area (Å²) in [5.74, 6) is -1.02. The fourth-order valence-electron chi connectivity index (χ4n) is 6.51. The van der Waals surface area contributed by atoms with Gasteiger partial charge >= 0.3 is 6.18 Å². The molecule has 2 aromatic heterocycles. The van der Waals surface area contributed by atoms with Crippen LogP contribution in [0.1, 0.15) is 47.2 Å². The number of quaternary nitrogens is 1. The smallest absolute Gasteiger partial charge is 0.353 e. The van der Waals surface area contributed by atoms with Crippen LogP contribution in [-0.4, -0.2) is 74.7 Å². The minimum Gasteiger partial charge on any atom is -0.353 e.